The van der Waals surface area contributed by atoms with Crippen LogP contribution in [0.2, 0.25) is 0 Å². The van der Waals surface area contributed by atoms with Crippen molar-refractivity contribution in [2.24, 2.45) is 17.8 Å². The predicted octanol–water partition coefficient (Wildman–Crippen LogP) is 7.85. The third kappa shape index (κ3) is 13.3. The highest BCUT2D eigenvalue weighted by molar-refractivity contribution is 5.70. The first-order chi connectivity index (χ1) is 12.1. The van der Waals surface area contributed by atoms with Gasteiger partial charge in [-0.05, 0) is 24.7 Å². The van der Waals surface area contributed by atoms with E-state index in [2.05, 4.69) is 27.7 Å². The Morgan fingerprint density at radius 1 is 0.720 bits per heavy atom. The Morgan fingerprint density at radius 3 is 1.80 bits per heavy atom. The van der Waals surface area contributed by atoms with E-state index in [0.717, 1.165) is 12.8 Å². The standard InChI is InChI=1S/C23H46O2/c1-5-8-10-11-12-13-14-15-17-20(4)22(23(24)25)19-21(16-7-3)18-9-6-2/h20-22H,5-19H2,1-4H3,(H,24,25). The Hall–Kier alpha value is -0.530. The highest BCUT2D eigenvalue weighted by Gasteiger charge is 2.27. The fraction of sp³-hybridized carbons (Fsp3) is 0.957. The van der Waals surface area contributed by atoms with Gasteiger partial charge >= 0.3 is 5.97 Å². The topological polar surface area (TPSA) is 37.3 Å². The number of aliphatic carboxylic acids is 1. The first-order valence-electron chi connectivity index (χ1n) is 11.3. The zero-order valence-electron chi connectivity index (χ0n) is 17.7. The van der Waals surface area contributed by atoms with E-state index in [9.17, 15) is 9.90 Å². The van der Waals surface area contributed by atoms with Gasteiger partial charge in [0.05, 0.1) is 5.92 Å². The van der Waals surface area contributed by atoms with Crippen LogP contribution in [-0.4, -0.2) is 11.1 Å². The van der Waals surface area contributed by atoms with Crippen LogP contribution in [0, 0.1) is 17.8 Å². The molecular weight excluding hydrogens is 308 g/mol. The van der Waals surface area contributed by atoms with Gasteiger partial charge in [-0.2, -0.15) is 0 Å². The van der Waals surface area contributed by atoms with Crippen LogP contribution in [0.1, 0.15) is 124 Å². The number of hydrogen-bond donors (Lipinski definition) is 1. The van der Waals surface area contributed by atoms with Gasteiger partial charge in [0.2, 0.25) is 0 Å². The fourth-order valence-corrected chi connectivity index (χ4v) is 4.02. The lowest BCUT2D eigenvalue weighted by atomic mass is 9.80. The van der Waals surface area contributed by atoms with E-state index < -0.39 is 5.97 Å². The summed E-state index contributed by atoms with van der Waals surface area (Å²) in [6.07, 6.45) is 18.6. The number of carbonyl (C=O) groups is 1. The van der Waals surface area contributed by atoms with E-state index in [-0.39, 0.29) is 5.92 Å². The number of carboxylic acid groups (broad SMARTS) is 1. The van der Waals surface area contributed by atoms with Crippen molar-refractivity contribution in [2.45, 2.75) is 124 Å². The monoisotopic (exact) mass is 354 g/mol. The first-order valence-corrected chi connectivity index (χ1v) is 11.3. The normalized spacial score (nSPS) is 15.0. The van der Waals surface area contributed by atoms with E-state index in [1.54, 1.807) is 0 Å². The van der Waals surface area contributed by atoms with Crippen LogP contribution in [0.4, 0.5) is 0 Å². The van der Waals surface area contributed by atoms with E-state index in [0.29, 0.717) is 11.8 Å². The van der Waals surface area contributed by atoms with E-state index in [1.165, 1.54) is 83.5 Å². The lowest BCUT2D eigenvalue weighted by molar-refractivity contribution is -0.144. The molecule has 0 aromatic carbocycles. The molecule has 0 heterocycles. The van der Waals surface area contributed by atoms with Crippen LogP contribution in [0.3, 0.4) is 0 Å². The van der Waals surface area contributed by atoms with Gasteiger partial charge < -0.3 is 5.11 Å². The van der Waals surface area contributed by atoms with Crippen molar-refractivity contribution < 1.29 is 9.90 Å². The van der Waals surface area contributed by atoms with Crippen LogP contribution < -0.4 is 0 Å². The van der Waals surface area contributed by atoms with Crippen LogP contribution in [0.5, 0.6) is 0 Å². The van der Waals surface area contributed by atoms with Gasteiger partial charge in [0, 0.05) is 0 Å². The smallest absolute Gasteiger partial charge is 0.306 e. The Bertz CT molecular complexity index is 300. The molecule has 0 aliphatic rings. The van der Waals surface area contributed by atoms with Crippen LogP contribution in [0.15, 0.2) is 0 Å². The highest BCUT2D eigenvalue weighted by atomic mass is 16.4. The molecule has 0 aromatic heterocycles. The van der Waals surface area contributed by atoms with Gasteiger partial charge in [-0.15, -0.1) is 0 Å². The van der Waals surface area contributed by atoms with Crippen molar-refractivity contribution in [3.8, 4) is 0 Å². The molecule has 0 radical (unpaired) electrons. The van der Waals surface area contributed by atoms with Gasteiger partial charge in [0.15, 0.2) is 0 Å². The third-order valence-corrected chi connectivity index (χ3v) is 5.77. The molecule has 1 N–H and O–H groups in total. The van der Waals surface area contributed by atoms with Crippen molar-refractivity contribution in [1.29, 1.82) is 0 Å². The molecule has 3 unspecified atom stereocenters. The molecule has 0 aliphatic carbocycles. The molecular formula is C23H46O2. The predicted molar refractivity (Wildman–Crippen MR) is 110 cm³/mol. The van der Waals surface area contributed by atoms with Gasteiger partial charge in [-0.1, -0.05) is 111 Å². The second kappa shape index (κ2) is 16.9. The minimum absolute atomic E-state index is 0.141. The summed E-state index contributed by atoms with van der Waals surface area (Å²) in [5.41, 5.74) is 0. The number of rotatable bonds is 18. The minimum atomic E-state index is -0.565. The Morgan fingerprint density at radius 2 is 1.28 bits per heavy atom. The maximum Gasteiger partial charge on any atom is 0.306 e. The molecule has 0 fully saturated rings. The van der Waals surface area contributed by atoms with Crippen LogP contribution >= 0.6 is 0 Å². The lowest BCUT2D eigenvalue weighted by Gasteiger charge is -2.25. The lowest BCUT2D eigenvalue weighted by Crippen LogP contribution is -2.25. The molecule has 0 aromatic rings. The van der Waals surface area contributed by atoms with Crippen LogP contribution in [-0.2, 0) is 4.79 Å². The highest BCUT2D eigenvalue weighted by Crippen LogP contribution is 2.30. The quantitative estimate of drug-likeness (QED) is 0.254. The van der Waals surface area contributed by atoms with Gasteiger partial charge in [-0.3, -0.25) is 4.79 Å². The van der Waals surface area contributed by atoms with Crippen molar-refractivity contribution in [1.82, 2.24) is 0 Å². The summed E-state index contributed by atoms with van der Waals surface area (Å²) in [5, 5.41) is 9.71. The average Bonchev–Trinajstić information content (AvgIpc) is 2.59. The van der Waals surface area contributed by atoms with Crippen molar-refractivity contribution in [3.63, 3.8) is 0 Å². The van der Waals surface area contributed by atoms with Gasteiger partial charge in [-0.25, -0.2) is 0 Å². The average molecular weight is 355 g/mol. The summed E-state index contributed by atoms with van der Waals surface area (Å²) in [4.78, 5) is 11.8. The van der Waals surface area contributed by atoms with Gasteiger partial charge in [0.25, 0.3) is 0 Å². The van der Waals surface area contributed by atoms with Crippen molar-refractivity contribution in [2.75, 3.05) is 0 Å². The maximum atomic E-state index is 11.8. The van der Waals surface area contributed by atoms with E-state index in [4.69, 9.17) is 0 Å². The zero-order chi connectivity index (χ0) is 18.9. The number of unbranched alkanes of at least 4 members (excludes halogenated alkanes) is 8. The summed E-state index contributed by atoms with van der Waals surface area (Å²) in [7, 11) is 0. The Balaban J connectivity index is 4.13. The van der Waals surface area contributed by atoms with E-state index in [1.807, 2.05) is 0 Å². The molecule has 0 saturated heterocycles. The maximum absolute atomic E-state index is 11.8. The second-order valence-corrected chi connectivity index (χ2v) is 8.22. The molecule has 25 heavy (non-hydrogen) atoms. The van der Waals surface area contributed by atoms with Crippen molar-refractivity contribution >= 4 is 5.97 Å². The molecule has 2 heteroatoms. The van der Waals surface area contributed by atoms with E-state index >= 15 is 0 Å². The zero-order valence-corrected chi connectivity index (χ0v) is 17.7. The summed E-state index contributed by atoms with van der Waals surface area (Å²) >= 11 is 0. The summed E-state index contributed by atoms with van der Waals surface area (Å²) in [6, 6.07) is 0. The largest absolute Gasteiger partial charge is 0.481 e. The second-order valence-electron chi connectivity index (χ2n) is 8.22. The summed E-state index contributed by atoms with van der Waals surface area (Å²) in [5.74, 6) is 0.216. The minimum Gasteiger partial charge on any atom is -0.481 e. The third-order valence-electron chi connectivity index (χ3n) is 5.77. The molecule has 150 valence electrons. The molecule has 0 rings (SSSR count). The number of carboxylic acids is 1. The molecule has 0 saturated carbocycles. The summed E-state index contributed by atoms with van der Waals surface area (Å²) < 4.78 is 0. The molecule has 2 nitrogen and oxygen atoms in total. The Labute approximate surface area is 158 Å². The molecule has 3 atom stereocenters. The van der Waals surface area contributed by atoms with Crippen molar-refractivity contribution in [3.05, 3.63) is 0 Å². The number of hydrogen-bond acceptors (Lipinski definition) is 1. The summed E-state index contributed by atoms with van der Waals surface area (Å²) in [6.45, 7) is 8.87. The molecule has 0 aliphatic heterocycles. The molecule has 0 spiro atoms. The SMILES string of the molecule is CCCCCCCCCCC(C)C(CC(CCC)CCCC)C(=O)O. The molecule has 0 amide bonds. The Kier molecular flexibility index (Phi) is 16.6. The van der Waals surface area contributed by atoms with Gasteiger partial charge in [0.1, 0.15) is 0 Å². The first kappa shape index (κ1) is 24.5. The molecule has 0 bridgehead atoms. The fourth-order valence-electron chi connectivity index (χ4n) is 4.02. The van der Waals surface area contributed by atoms with Crippen LogP contribution in [0.25, 0.3) is 0 Å².